The Morgan fingerprint density at radius 1 is 1.27 bits per heavy atom. The van der Waals surface area contributed by atoms with E-state index in [9.17, 15) is 4.79 Å². The van der Waals surface area contributed by atoms with Crippen molar-refractivity contribution in [2.45, 2.75) is 13.5 Å². The van der Waals surface area contributed by atoms with Crippen LogP contribution >= 0.6 is 11.6 Å². The van der Waals surface area contributed by atoms with Crippen molar-refractivity contribution in [3.63, 3.8) is 0 Å². The topological polar surface area (TPSA) is 69.3 Å². The molecule has 0 spiro atoms. The molecule has 6 nitrogen and oxygen atoms in total. The smallest absolute Gasteiger partial charge is 0.277 e. The number of rotatable bonds is 4. The molecule has 2 aromatic carbocycles. The lowest BCUT2D eigenvalue weighted by molar-refractivity contribution is 0.102. The number of fused-ring (bicyclic) bond motifs is 3. The minimum Gasteiger partial charge on any atom is -0.495 e. The van der Waals surface area contributed by atoms with Crippen molar-refractivity contribution in [3.05, 3.63) is 53.3 Å². The number of hydrogen-bond acceptors (Lipinski definition) is 4. The van der Waals surface area contributed by atoms with Gasteiger partial charge in [-0.25, -0.2) is 0 Å². The number of aryl methyl sites for hydroxylation is 1. The van der Waals surface area contributed by atoms with Gasteiger partial charge < -0.3 is 14.5 Å². The minimum atomic E-state index is -0.407. The van der Waals surface area contributed by atoms with Gasteiger partial charge in [-0.05, 0) is 19.1 Å². The summed E-state index contributed by atoms with van der Waals surface area (Å²) in [6.07, 6.45) is 1.62. The summed E-state index contributed by atoms with van der Waals surface area (Å²) >= 11 is 6.11. The van der Waals surface area contributed by atoms with Crippen LogP contribution in [0, 0.1) is 0 Å². The molecule has 1 amide bonds. The zero-order valence-electron chi connectivity index (χ0n) is 14.2. The lowest BCUT2D eigenvalue weighted by Crippen LogP contribution is -2.14. The Labute approximate surface area is 154 Å². The van der Waals surface area contributed by atoms with Crippen LogP contribution in [0.3, 0.4) is 0 Å². The summed E-state index contributed by atoms with van der Waals surface area (Å²) in [5.41, 5.74) is 2.09. The number of benzene rings is 2. The Bertz CT molecular complexity index is 1130. The van der Waals surface area contributed by atoms with Crippen LogP contribution in [0.1, 0.15) is 17.4 Å². The monoisotopic (exact) mass is 369 g/mol. The largest absolute Gasteiger partial charge is 0.495 e. The number of carbonyl (C=O) groups is 1. The number of hydrogen-bond donors (Lipinski definition) is 1. The first-order chi connectivity index (χ1) is 12.6. The first-order valence-electron chi connectivity index (χ1n) is 8.14. The van der Waals surface area contributed by atoms with Crippen LogP contribution in [0.25, 0.3) is 21.9 Å². The Hall–Kier alpha value is -2.99. The molecule has 0 unspecified atom stereocenters. The quantitative estimate of drug-likeness (QED) is 0.565. The highest BCUT2D eigenvalue weighted by molar-refractivity contribution is 6.34. The molecule has 4 aromatic rings. The number of nitrogens with zero attached hydrogens (tertiary/aromatic N) is 2. The van der Waals surface area contributed by atoms with E-state index in [-0.39, 0.29) is 5.69 Å². The predicted molar refractivity (Wildman–Crippen MR) is 101 cm³/mol. The van der Waals surface area contributed by atoms with Crippen molar-refractivity contribution in [1.29, 1.82) is 0 Å². The number of furan rings is 1. The number of ether oxygens (including phenoxy) is 1. The number of amides is 1. The van der Waals surface area contributed by atoms with Crippen LogP contribution in [-0.4, -0.2) is 22.8 Å². The molecule has 26 heavy (non-hydrogen) atoms. The van der Waals surface area contributed by atoms with Gasteiger partial charge in [0.05, 0.1) is 17.8 Å². The molecule has 1 N–H and O–H groups in total. The van der Waals surface area contributed by atoms with E-state index in [4.69, 9.17) is 20.8 Å². The standard InChI is InChI=1S/C19H16ClN3O3/c1-3-23-10-13(20)18(22-23)19(24)21-14-9-16-12(8-17(14)25-2)11-6-4-5-7-15(11)26-16/h4-10H,3H2,1-2H3,(H,21,24). The van der Waals surface area contributed by atoms with Gasteiger partial charge in [-0.3, -0.25) is 9.48 Å². The molecule has 0 aliphatic heterocycles. The van der Waals surface area contributed by atoms with Gasteiger partial charge in [-0.15, -0.1) is 0 Å². The van der Waals surface area contributed by atoms with Crippen LogP contribution in [-0.2, 0) is 6.54 Å². The third kappa shape index (κ3) is 2.68. The molecular formula is C19H16ClN3O3. The maximum absolute atomic E-state index is 12.6. The first kappa shape index (κ1) is 16.5. The van der Waals surface area contributed by atoms with Gasteiger partial charge >= 0.3 is 0 Å². The second kappa shape index (κ2) is 6.38. The third-order valence-electron chi connectivity index (χ3n) is 4.20. The highest BCUT2D eigenvalue weighted by Gasteiger charge is 2.19. The average molecular weight is 370 g/mol. The summed E-state index contributed by atoms with van der Waals surface area (Å²) in [5, 5.41) is 9.20. The van der Waals surface area contributed by atoms with E-state index in [1.807, 2.05) is 37.3 Å². The highest BCUT2D eigenvalue weighted by Crippen LogP contribution is 2.36. The summed E-state index contributed by atoms with van der Waals surface area (Å²) in [5.74, 6) is 0.124. The summed E-state index contributed by atoms with van der Waals surface area (Å²) in [7, 11) is 1.55. The maximum atomic E-state index is 12.6. The van der Waals surface area contributed by atoms with Crippen LogP contribution in [0.4, 0.5) is 5.69 Å². The van der Waals surface area contributed by atoms with Crippen LogP contribution < -0.4 is 10.1 Å². The molecule has 2 aromatic heterocycles. The van der Waals surface area contributed by atoms with Gasteiger partial charge in [-0.1, -0.05) is 29.8 Å². The molecule has 0 radical (unpaired) electrons. The Morgan fingerprint density at radius 3 is 2.81 bits per heavy atom. The summed E-state index contributed by atoms with van der Waals surface area (Å²) in [4.78, 5) is 12.6. The number of halogens is 1. The van der Waals surface area contributed by atoms with Gasteiger partial charge in [0.1, 0.15) is 16.9 Å². The van der Waals surface area contributed by atoms with E-state index in [1.165, 1.54) is 0 Å². The highest BCUT2D eigenvalue weighted by atomic mass is 35.5. The molecule has 132 valence electrons. The zero-order chi connectivity index (χ0) is 18.3. The number of para-hydroxylation sites is 1. The molecular weight excluding hydrogens is 354 g/mol. The molecule has 0 saturated carbocycles. The Balaban J connectivity index is 1.76. The molecule has 0 saturated heterocycles. The van der Waals surface area contributed by atoms with Gasteiger partial charge in [-0.2, -0.15) is 5.10 Å². The molecule has 7 heteroatoms. The number of methoxy groups -OCH3 is 1. The SMILES string of the molecule is CCn1cc(Cl)c(C(=O)Nc2cc3oc4ccccc4c3cc2OC)n1. The summed E-state index contributed by atoms with van der Waals surface area (Å²) < 4.78 is 12.9. The zero-order valence-corrected chi connectivity index (χ0v) is 15.0. The number of carbonyl (C=O) groups excluding carboxylic acids is 1. The molecule has 0 atom stereocenters. The normalized spacial score (nSPS) is 11.2. The number of aromatic nitrogens is 2. The van der Waals surface area contributed by atoms with Crippen molar-refractivity contribution < 1.29 is 13.9 Å². The molecule has 2 heterocycles. The predicted octanol–water partition coefficient (Wildman–Crippen LogP) is 4.72. The van der Waals surface area contributed by atoms with Gasteiger partial charge in [0.25, 0.3) is 5.91 Å². The third-order valence-corrected chi connectivity index (χ3v) is 4.48. The van der Waals surface area contributed by atoms with E-state index in [0.29, 0.717) is 28.6 Å². The van der Waals surface area contributed by atoms with E-state index < -0.39 is 5.91 Å². The Kier molecular flexibility index (Phi) is 4.05. The minimum absolute atomic E-state index is 0.167. The Morgan fingerprint density at radius 2 is 2.08 bits per heavy atom. The summed E-state index contributed by atoms with van der Waals surface area (Å²) in [6, 6.07) is 11.3. The molecule has 0 aliphatic carbocycles. The van der Waals surface area contributed by atoms with E-state index in [0.717, 1.165) is 16.4 Å². The fraction of sp³-hybridized carbons (Fsp3) is 0.158. The fourth-order valence-electron chi connectivity index (χ4n) is 2.91. The molecule has 4 rings (SSSR count). The number of nitrogens with one attached hydrogen (secondary N) is 1. The number of anilines is 1. The second-order valence-electron chi connectivity index (χ2n) is 5.78. The van der Waals surface area contributed by atoms with Crippen LogP contribution in [0.15, 0.2) is 47.0 Å². The first-order valence-corrected chi connectivity index (χ1v) is 8.52. The summed E-state index contributed by atoms with van der Waals surface area (Å²) in [6.45, 7) is 2.55. The van der Waals surface area contributed by atoms with Crippen molar-refractivity contribution in [1.82, 2.24) is 9.78 Å². The van der Waals surface area contributed by atoms with Crippen LogP contribution in [0.2, 0.25) is 5.02 Å². The van der Waals surface area contributed by atoms with Crippen LogP contribution in [0.5, 0.6) is 5.75 Å². The van der Waals surface area contributed by atoms with Gasteiger partial charge in [0.2, 0.25) is 0 Å². The van der Waals surface area contributed by atoms with E-state index in [1.54, 1.807) is 24.1 Å². The average Bonchev–Trinajstić information content (AvgIpc) is 3.20. The fourth-order valence-corrected chi connectivity index (χ4v) is 3.15. The van der Waals surface area contributed by atoms with E-state index in [2.05, 4.69) is 10.4 Å². The van der Waals surface area contributed by atoms with Crippen molar-refractivity contribution in [2.24, 2.45) is 0 Å². The van der Waals surface area contributed by atoms with Crippen molar-refractivity contribution in [3.8, 4) is 5.75 Å². The molecule has 0 bridgehead atoms. The van der Waals surface area contributed by atoms with Crippen molar-refractivity contribution >= 4 is 45.1 Å². The van der Waals surface area contributed by atoms with Crippen molar-refractivity contribution in [2.75, 3.05) is 12.4 Å². The second-order valence-corrected chi connectivity index (χ2v) is 6.19. The lowest BCUT2D eigenvalue weighted by Gasteiger charge is -2.09. The maximum Gasteiger partial charge on any atom is 0.277 e. The van der Waals surface area contributed by atoms with Gasteiger partial charge in [0.15, 0.2) is 5.69 Å². The van der Waals surface area contributed by atoms with Gasteiger partial charge in [0, 0.05) is 29.6 Å². The molecule has 0 fully saturated rings. The van der Waals surface area contributed by atoms with E-state index >= 15 is 0 Å². The lowest BCUT2D eigenvalue weighted by atomic mass is 10.1. The molecule has 0 aliphatic rings.